The zero-order valence-corrected chi connectivity index (χ0v) is 13.3. The lowest BCUT2D eigenvalue weighted by atomic mass is 9.69. The van der Waals surface area contributed by atoms with Crippen LogP contribution in [0.5, 0.6) is 0 Å². The average Bonchev–Trinajstić information content (AvgIpc) is 2.61. The minimum atomic E-state index is -0.0978. The normalized spacial score (nSPS) is 37.6. The largest absolute Gasteiger partial charge is 0.353 e. The van der Waals surface area contributed by atoms with Crippen molar-refractivity contribution in [1.29, 1.82) is 0 Å². The van der Waals surface area contributed by atoms with E-state index in [2.05, 4.69) is 31.4 Å². The number of amides is 1. The summed E-state index contributed by atoms with van der Waals surface area (Å²) in [5, 5.41) is 6.59. The van der Waals surface area contributed by atoms with Crippen LogP contribution in [0.25, 0.3) is 0 Å². The van der Waals surface area contributed by atoms with Gasteiger partial charge in [-0.1, -0.05) is 20.8 Å². The van der Waals surface area contributed by atoms with Crippen LogP contribution in [0.3, 0.4) is 0 Å². The number of carbonyl (C=O) groups is 1. The maximum Gasteiger partial charge on any atom is 0.237 e. The molecule has 0 aromatic rings. The maximum atomic E-state index is 12.0. The molecule has 2 rings (SSSR count). The van der Waals surface area contributed by atoms with Crippen LogP contribution in [0.15, 0.2) is 0 Å². The molecule has 2 saturated carbocycles. The molecular formula is C16H30N2O. The Kier molecular flexibility index (Phi) is 3.72. The van der Waals surface area contributed by atoms with Crippen LogP contribution in [-0.4, -0.2) is 24.0 Å². The van der Waals surface area contributed by atoms with Gasteiger partial charge in [-0.05, 0) is 56.8 Å². The van der Waals surface area contributed by atoms with Gasteiger partial charge in [0.15, 0.2) is 0 Å². The molecule has 0 radical (unpaired) electrons. The van der Waals surface area contributed by atoms with Crippen LogP contribution in [0.2, 0.25) is 0 Å². The van der Waals surface area contributed by atoms with Crippen LogP contribution in [0.1, 0.15) is 60.8 Å². The summed E-state index contributed by atoms with van der Waals surface area (Å²) in [6, 6.07) is 0.595. The first-order chi connectivity index (χ1) is 8.68. The lowest BCUT2D eigenvalue weighted by Crippen LogP contribution is -2.53. The number of nitrogens with one attached hydrogen (secondary N) is 2. The highest BCUT2D eigenvalue weighted by atomic mass is 16.2. The molecule has 2 N–H and O–H groups in total. The first-order valence-electron chi connectivity index (χ1n) is 7.75. The van der Waals surface area contributed by atoms with Crippen LogP contribution < -0.4 is 10.6 Å². The molecule has 1 amide bonds. The molecule has 2 aliphatic carbocycles. The van der Waals surface area contributed by atoms with Crippen molar-refractivity contribution in [3.05, 3.63) is 0 Å². The monoisotopic (exact) mass is 266 g/mol. The fourth-order valence-corrected chi connectivity index (χ4v) is 4.24. The summed E-state index contributed by atoms with van der Waals surface area (Å²) in [5.74, 6) is 0.939. The molecule has 3 nitrogen and oxygen atoms in total. The summed E-state index contributed by atoms with van der Waals surface area (Å²) < 4.78 is 0. The average molecular weight is 266 g/mol. The molecule has 0 aliphatic heterocycles. The van der Waals surface area contributed by atoms with Crippen molar-refractivity contribution in [3.63, 3.8) is 0 Å². The van der Waals surface area contributed by atoms with Gasteiger partial charge in [-0.3, -0.25) is 4.79 Å². The predicted octanol–water partition coefficient (Wildman–Crippen LogP) is 2.70. The van der Waals surface area contributed by atoms with Crippen molar-refractivity contribution >= 4 is 5.91 Å². The molecule has 0 saturated heterocycles. The first-order valence-corrected chi connectivity index (χ1v) is 7.75. The predicted molar refractivity (Wildman–Crippen MR) is 78.9 cm³/mol. The third kappa shape index (κ3) is 2.31. The van der Waals surface area contributed by atoms with Crippen molar-refractivity contribution in [3.8, 4) is 0 Å². The Labute approximate surface area is 117 Å². The quantitative estimate of drug-likeness (QED) is 0.821. The Morgan fingerprint density at radius 1 is 1.21 bits per heavy atom. The van der Waals surface area contributed by atoms with E-state index < -0.39 is 0 Å². The van der Waals surface area contributed by atoms with Gasteiger partial charge < -0.3 is 10.6 Å². The van der Waals surface area contributed by atoms with Gasteiger partial charge in [0.25, 0.3) is 0 Å². The molecular weight excluding hydrogens is 236 g/mol. The van der Waals surface area contributed by atoms with E-state index >= 15 is 0 Å². The fourth-order valence-electron chi connectivity index (χ4n) is 4.24. The molecule has 0 aromatic heterocycles. The molecule has 2 fully saturated rings. The minimum absolute atomic E-state index is 0.0978. The Morgan fingerprint density at radius 3 is 2.26 bits per heavy atom. The molecule has 110 valence electrons. The zero-order chi connectivity index (χ0) is 14.4. The minimum Gasteiger partial charge on any atom is -0.353 e. The van der Waals surface area contributed by atoms with Crippen LogP contribution >= 0.6 is 0 Å². The van der Waals surface area contributed by atoms with E-state index in [0.29, 0.717) is 16.9 Å². The zero-order valence-electron chi connectivity index (χ0n) is 13.3. The Bertz CT molecular complexity index is 364. The van der Waals surface area contributed by atoms with E-state index in [4.69, 9.17) is 0 Å². The summed E-state index contributed by atoms with van der Waals surface area (Å²) in [4.78, 5) is 12.0. The third-order valence-corrected chi connectivity index (χ3v) is 6.07. The van der Waals surface area contributed by atoms with Gasteiger partial charge >= 0.3 is 0 Å². The van der Waals surface area contributed by atoms with Crippen molar-refractivity contribution in [2.45, 2.75) is 78.9 Å². The fraction of sp³-hybridized carbons (Fsp3) is 0.938. The van der Waals surface area contributed by atoms with E-state index in [1.807, 2.05) is 20.8 Å². The number of hydrogen-bond acceptors (Lipinski definition) is 2. The topological polar surface area (TPSA) is 41.1 Å². The van der Waals surface area contributed by atoms with Crippen molar-refractivity contribution in [1.82, 2.24) is 10.6 Å². The molecule has 2 bridgehead atoms. The summed E-state index contributed by atoms with van der Waals surface area (Å²) in [7, 11) is 0. The Hall–Kier alpha value is -0.570. The van der Waals surface area contributed by atoms with Gasteiger partial charge in [-0.2, -0.15) is 0 Å². The second-order valence-electron chi connectivity index (χ2n) is 7.71. The maximum absolute atomic E-state index is 12.0. The molecule has 0 heterocycles. The molecule has 3 heteroatoms. The SMILES string of the molecule is CC(C)NC(=O)C(C)NC1CC2CCC1(C)C2(C)C. The van der Waals surface area contributed by atoms with Gasteiger partial charge in [0, 0.05) is 12.1 Å². The lowest BCUT2D eigenvalue weighted by Gasteiger charge is -2.40. The van der Waals surface area contributed by atoms with Crippen molar-refractivity contribution < 1.29 is 4.79 Å². The highest BCUT2D eigenvalue weighted by Gasteiger charge is 2.61. The lowest BCUT2D eigenvalue weighted by molar-refractivity contribution is -0.123. The number of carbonyl (C=O) groups excluding carboxylic acids is 1. The molecule has 0 aromatic carbocycles. The van der Waals surface area contributed by atoms with E-state index in [9.17, 15) is 4.79 Å². The second kappa shape index (κ2) is 4.76. The van der Waals surface area contributed by atoms with E-state index in [1.165, 1.54) is 19.3 Å². The van der Waals surface area contributed by atoms with Crippen molar-refractivity contribution in [2.75, 3.05) is 0 Å². The summed E-state index contributed by atoms with van der Waals surface area (Å²) in [6.07, 6.45) is 3.87. The van der Waals surface area contributed by atoms with Gasteiger partial charge in [0.05, 0.1) is 6.04 Å². The summed E-state index contributed by atoms with van der Waals surface area (Å²) in [6.45, 7) is 13.2. The number of rotatable bonds is 4. The van der Waals surface area contributed by atoms with Crippen LogP contribution in [0, 0.1) is 16.7 Å². The first kappa shape index (κ1) is 14.8. The van der Waals surface area contributed by atoms with Gasteiger partial charge in [-0.15, -0.1) is 0 Å². The number of hydrogen-bond donors (Lipinski definition) is 2. The molecule has 4 atom stereocenters. The van der Waals surface area contributed by atoms with Gasteiger partial charge in [0.1, 0.15) is 0 Å². The van der Waals surface area contributed by atoms with Crippen LogP contribution in [-0.2, 0) is 4.79 Å². The van der Waals surface area contributed by atoms with Crippen molar-refractivity contribution in [2.24, 2.45) is 16.7 Å². The number of fused-ring (bicyclic) bond motifs is 2. The van der Waals surface area contributed by atoms with E-state index in [-0.39, 0.29) is 18.0 Å². The van der Waals surface area contributed by atoms with E-state index in [1.54, 1.807) is 0 Å². The molecule has 4 unspecified atom stereocenters. The Balaban J connectivity index is 2.00. The van der Waals surface area contributed by atoms with Crippen LogP contribution in [0.4, 0.5) is 0 Å². The van der Waals surface area contributed by atoms with E-state index in [0.717, 1.165) is 5.92 Å². The third-order valence-electron chi connectivity index (χ3n) is 6.07. The van der Waals surface area contributed by atoms with Gasteiger partial charge in [-0.25, -0.2) is 0 Å². The van der Waals surface area contributed by atoms with Gasteiger partial charge in [0.2, 0.25) is 5.91 Å². The summed E-state index contributed by atoms with van der Waals surface area (Å²) >= 11 is 0. The molecule has 2 aliphatic rings. The standard InChI is InChI=1S/C16H30N2O/c1-10(2)17-14(19)11(3)18-13-9-12-7-8-16(13,6)15(12,4)5/h10-13,18H,7-9H2,1-6H3,(H,17,19). The summed E-state index contributed by atoms with van der Waals surface area (Å²) in [5.41, 5.74) is 0.739. The molecule has 19 heavy (non-hydrogen) atoms. The Morgan fingerprint density at radius 2 is 1.84 bits per heavy atom. The highest BCUT2D eigenvalue weighted by Crippen LogP contribution is 2.65. The molecule has 0 spiro atoms. The highest BCUT2D eigenvalue weighted by molar-refractivity contribution is 5.81. The smallest absolute Gasteiger partial charge is 0.237 e. The second-order valence-corrected chi connectivity index (χ2v) is 7.71.